The molecule has 0 saturated carbocycles. The van der Waals surface area contributed by atoms with Crippen LogP contribution in [0, 0.1) is 0 Å². The Labute approximate surface area is 71.1 Å². The van der Waals surface area contributed by atoms with E-state index in [0.717, 1.165) is 5.56 Å². The molecule has 1 aromatic carbocycles. The lowest BCUT2D eigenvalue weighted by atomic mass is 10.2. The molecule has 0 saturated heterocycles. The third-order valence-electron chi connectivity index (χ3n) is 1.36. The summed E-state index contributed by atoms with van der Waals surface area (Å²) in [5, 5.41) is 17.7. The van der Waals surface area contributed by atoms with E-state index in [-0.39, 0.29) is 11.5 Å². The topological polar surface area (TPSA) is 40.5 Å². The molecule has 0 fully saturated rings. The number of aliphatic hydroxyl groups excluding tert-OH is 1. The second kappa shape index (κ2) is 3.62. The molecule has 0 unspecified atom stereocenters. The molecule has 0 aliphatic carbocycles. The van der Waals surface area contributed by atoms with Crippen LogP contribution in [-0.4, -0.2) is 10.2 Å². The molecule has 0 amide bonds. The number of hydrogen-bond donors (Lipinski definition) is 2. The van der Waals surface area contributed by atoms with Gasteiger partial charge in [-0.1, -0.05) is 24.8 Å². The Morgan fingerprint density at radius 1 is 1.25 bits per heavy atom. The summed E-state index contributed by atoms with van der Waals surface area (Å²) in [6, 6.07) is 6.66. The first-order chi connectivity index (χ1) is 5.68. The van der Waals surface area contributed by atoms with Gasteiger partial charge in [-0.15, -0.1) is 0 Å². The summed E-state index contributed by atoms with van der Waals surface area (Å²) in [6.07, 6.45) is 3.20. The minimum atomic E-state index is 0.0167. The lowest BCUT2D eigenvalue weighted by Gasteiger charge is -1.93. The number of aliphatic hydroxyl groups is 1. The lowest BCUT2D eigenvalue weighted by Crippen LogP contribution is -1.71. The highest BCUT2D eigenvalue weighted by atomic mass is 16.3. The summed E-state index contributed by atoms with van der Waals surface area (Å²) in [6.45, 7) is 3.31. The Balaban J connectivity index is 2.77. The van der Waals surface area contributed by atoms with Gasteiger partial charge in [0.2, 0.25) is 0 Å². The number of rotatable bonds is 2. The molecule has 0 aliphatic heterocycles. The molecule has 0 spiro atoms. The number of allylic oxidation sites excluding steroid dienone is 1. The van der Waals surface area contributed by atoms with Gasteiger partial charge < -0.3 is 10.2 Å². The van der Waals surface area contributed by atoms with Crippen LogP contribution in [0.4, 0.5) is 0 Å². The lowest BCUT2D eigenvalue weighted by molar-refractivity contribution is 0.436. The summed E-state index contributed by atoms with van der Waals surface area (Å²) in [7, 11) is 0. The van der Waals surface area contributed by atoms with Gasteiger partial charge in [0, 0.05) is 0 Å². The molecular weight excluding hydrogens is 152 g/mol. The van der Waals surface area contributed by atoms with Crippen molar-refractivity contribution < 1.29 is 10.2 Å². The quantitative estimate of drug-likeness (QED) is 0.518. The van der Waals surface area contributed by atoms with Crippen LogP contribution in [0.5, 0.6) is 5.75 Å². The van der Waals surface area contributed by atoms with Crippen molar-refractivity contribution in [3.8, 4) is 5.75 Å². The van der Waals surface area contributed by atoms with Gasteiger partial charge in [-0.2, -0.15) is 0 Å². The minimum absolute atomic E-state index is 0.0167. The summed E-state index contributed by atoms with van der Waals surface area (Å²) >= 11 is 0. The first kappa shape index (κ1) is 8.40. The largest absolute Gasteiger partial charge is 0.509 e. The highest BCUT2D eigenvalue weighted by Gasteiger charge is 1.87. The average Bonchev–Trinajstić information content (AvgIpc) is 2.03. The molecule has 0 atom stereocenters. The van der Waals surface area contributed by atoms with Crippen LogP contribution in [0.15, 0.2) is 42.7 Å². The highest BCUT2D eigenvalue weighted by molar-refractivity contribution is 5.52. The van der Waals surface area contributed by atoms with Gasteiger partial charge in [0.1, 0.15) is 11.5 Å². The van der Waals surface area contributed by atoms with Gasteiger partial charge in [0.05, 0.1) is 0 Å². The van der Waals surface area contributed by atoms with Crippen molar-refractivity contribution in [2.45, 2.75) is 0 Å². The van der Waals surface area contributed by atoms with Crippen LogP contribution in [-0.2, 0) is 0 Å². The molecule has 1 aromatic rings. The molecule has 2 heteroatoms. The molecule has 62 valence electrons. The van der Waals surface area contributed by atoms with Gasteiger partial charge in [-0.3, -0.25) is 0 Å². The molecule has 0 heterocycles. The number of benzene rings is 1. The van der Waals surface area contributed by atoms with Crippen molar-refractivity contribution in [1.29, 1.82) is 0 Å². The second-order valence-corrected chi connectivity index (χ2v) is 2.42. The van der Waals surface area contributed by atoms with E-state index in [2.05, 4.69) is 6.58 Å². The molecule has 0 aliphatic rings. The van der Waals surface area contributed by atoms with Gasteiger partial charge in [-0.05, 0) is 23.8 Å². The van der Waals surface area contributed by atoms with E-state index in [1.165, 1.54) is 6.08 Å². The monoisotopic (exact) mass is 162 g/mol. The van der Waals surface area contributed by atoms with Crippen molar-refractivity contribution in [2.75, 3.05) is 0 Å². The fraction of sp³-hybridized carbons (Fsp3) is 0. The van der Waals surface area contributed by atoms with E-state index in [1.54, 1.807) is 30.3 Å². The number of phenols is 1. The number of hydrogen-bond acceptors (Lipinski definition) is 2. The normalized spacial score (nSPS) is 10.3. The van der Waals surface area contributed by atoms with Crippen LogP contribution in [0.25, 0.3) is 6.08 Å². The van der Waals surface area contributed by atoms with Gasteiger partial charge in [0.25, 0.3) is 0 Å². The zero-order valence-electron chi connectivity index (χ0n) is 6.57. The molecule has 1 rings (SSSR count). The molecule has 2 nitrogen and oxygen atoms in total. The maximum atomic E-state index is 8.94. The number of aromatic hydroxyl groups is 1. The fourth-order valence-electron chi connectivity index (χ4n) is 0.778. The Morgan fingerprint density at radius 2 is 1.83 bits per heavy atom. The van der Waals surface area contributed by atoms with E-state index in [9.17, 15) is 0 Å². The smallest absolute Gasteiger partial charge is 0.115 e. The van der Waals surface area contributed by atoms with E-state index in [1.807, 2.05) is 0 Å². The summed E-state index contributed by atoms with van der Waals surface area (Å²) in [5.74, 6) is 0.248. The Morgan fingerprint density at radius 3 is 2.33 bits per heavy atom. The highest BCUT2D eigenvalue weighted by Crippen LogP contribution is 2.10. The van der Waals surface area contributed by atoms with E-state index < -0.39 is 0 Å². The predicted octanol–water partition coefficient (Wildman–Crippen LogP) is 2.48. The van der Waals surface area contributed by atoms with Crippen LogP contribution < -0.4 is 0 Å². The van der Waals surface area contributed by atoms with Crippen molar-refractivity contribution in [1.82, 2.24) is 0 Å². The maximum absolute atomic E-state index is 8.94. The van der Waals surface area contributed by atoms with Crippen molar-refractivity contribution in [3.05, 3.63) is 48.2 Å². The van der Waals surface area contributed by atoms with Crippen molar-refractivity contribution in [2.24, 2.45) is 0 Å². The zero-order chi connectivity index (χ0) is 8.97. The Bertz CT molecular complexity index is 296. The second-order valence-electron chi connectivity index (χ2n) is 2.42. The van der Waals surface area contributed by atoms with Crippen molar-refractivity contribution >= 4 is 6.08 Å². The molecule has 0 radical (unpaired) electrons. The van der Waals surface area contributed by atoms with E-state index in [4.69, 9.17) is 10.2 Å². The SMILES string of the molecule is C=C(O)/C=C/c1ccc(O)cc1. The average molecular weight is 162 g/mol. The summed E-state index contributed by atoms with van der Waals surface area (Å²) in [4.78, 5) is 0. The Kier molecular flexibility index (Phi) is 2.53. The van der Waals surface area contributed by atoms with Crippen LogP contribution in [0.3, 0.4) is 0 Å². The number of phenolic OH excluding ortho intramolecular Hbond substituents is 1. The Hall–Kier alpha value is -1.70. The van der Waals surface area contributed by atoms with Crippen molar-refractivity contribution in [3.63, 3.8) is 0 Å². The van der Waals surface area contributed by atoms with Gasteiger partial charge in [0.15, 0.2) is 0 Å². The fourth-order valence-corrected chi connectivity index (χ4v) is 0.778. The zero-order valence-corrected chi connectivity index (χ0v) is 6.57. The standard InChI is InChI=1S/C10H10O2/c1-8(11)2-3-9-4-6-10(12)7-5-9/h2-7,11-12H,1H2/b3-2+. The molecule has 12 heavy (non-hydrogen) atoms. The molecule has 0 bridgehead atoms. The summed E-state index contributed by atoms with van der Waals surface area (Å²) in [5.41, 5.74) is 0.906. The molecule has 2 N–H and O–H groups in total. The van der Waals surface area contributed by atoms with Crippen LogP contribution >= 0.6 is 0 Å². The maximum Gasteiger partial charge on any atom is 0.115 e. The minimum Gasteiger partial charge on any atom is -0.509 e. The summed E-state index contributed by atoms with van der Waals surface area (Å²) < 4.78 is 0. The molecule has 0 aromatic heterocycles. The molecular formula is C10H10O2. The van der Waals surface area contributed by atoms with Gasteiger partial charge >= 0.3 is 0 Å². The third-order valence-corrected chi connectivity index (χ3v) is 1.36. The first-order valence-corrected chi connectivity index (χ1v) is 3.53. The van der Waals surface area contributed by atoms with Gasteiger partial charge in [-0.25, -0.2) is 0 Å². The van der Waals surface area contributed by atoms with E-state index >= 15 is 0 Å². The first-order valence-electron chi connectivity index (χ1n) is 3.53. The van der Waals surface area contributed by atoms with Crippen LogP contribution in [0.2, 0.25) is 0 Å². The predicted molar refractivity (Wildman–Crippen MR) is 48.9 cm³/mol. The van der Waals surface area contributed by atoms with Crippen LogP contribution in [0.1, 0.15) is 5.56 Å². The van der Waals surface area contributed by atoms with E-state index in [0.29, 0.717) is 0 Å². The third kappa shape index (κ3) is 2.50.